The number of alkyl halides is 3. The van der Waals surface area contributed by atoms with Crippen molar-refractivity contribution in [2.75, 3.05) is 0 Å². The maximum absolute atomic E-state index is 12.9. The summed E-state index contributed by atoms with van der Waals surface area (Å²) in [6.07, 6.45) is -3.99. The molecule has 0 radical (unpaired) electrons. The topological polar surface area (TPSA) is 26.0 Å². The zero-order valence-corrected chi connectivity index (χ0v) is 11.4. The number of nitrogens with two attached hydrogens (primary N) is 1. The van der Waals surface area contributed by atoms with Crippen molar-refractivity contribution in [3.05, 3.63) is 71.0 Å². The van der Waals surface area contributed by atoms with Crippen molar-refractivity contribution in [2.24, 2.45) is 5.73 Å². The van der Waals surface area contributed by atoms with E-state index in [0.29, 0.717) is 12.0 Å². The normalized spacial score (nSPS) is 14.8. The summed E-state index contributed by atoms with van der Waals surface area (Å²) in [5.41, 5.74) is 6.14. The molecule has 5 heteroatoms. The van der Waals surface area contributed by atoms with Crippen LogP contribution in [0.15, 0.2) is 48.5 Å². The van der Waals surface area contributed by atoms with Gasteiger partial charge in [0.15, 0.2) is 0 Å². The molecule has 0 saturated carbocycles. The van der Waals surface area contributed by atoms with Crippen molar-refractivity contribution in [2.45, 2.75) is 25.1 Å². The van der Waals surface area contributed by atoms with Crippen LogP contribution < -0.4 is 5.73 Å². The van der Waals surface area contributed by atoms with Gasteiger partial charge in [0.1, 0.15) is 5.82 Å². The van der Waals surface area contributed by atoms with Crippen LogP contribution in [-0.2, 0) is 18.1 Å². The van der Waals surface area contributed by atoms with Gasteiger partial charge in [0.25, 0.3) is 0 Å². The molecule has 21 heavy (non-hydrogen) atoms. The van der Waals surface area contributed by atoms with Crippen molar-refractivity contribution in [1.82, 2.24) is 0 Å². The monoisotopic (exact) mass is 297 g/mol. The minimum atomic E-state index is -4.35. The number of hydrogen-bond acceptors (Lipinski definition) is 1. The van der Waals surface area contributed by atoms with Crippen LogP contribution in [0.5, 0.6) is 0 Å². The van der Waals surface area contributed by atoms with Gasteiger partial charge in [0.05, 0.1) is 5.56 Å². The molecule has 0 fully saturated rings. The van der Waals surface area contributed by atoms with E-state index in [2.05, 4.69) is 0 Å². The lowest BCUT2D eigenvalue weighted by Gasteiger charge is -2.25. The van der Waals surface area contributed by atoms with Gasteiger partial charge in [-0.2, -0.15) is 13.2 Å². The van der Waals surface area contributed by atoms with Crippen molar-refractivity contribution < 1.29 is 17.6 Å². The molecule has 0 saturated heterocycles. The first kappa shape index (κ1) is 15.5. The van der Waals surface area contributed by atoms with E-state index >= 15 is 0 Å². The lowest BCUT2D eigenvalue weighted by molar-refractivity contribution is -0.137. The van der Waals surface area contributed by atoms with Crippen LogP contribution in [0.2, 0.25) is 0 Å². The maximum atomic E-state index is 12.9. The molecule has 0 aliphatic rings. The minimum absolute atomic E-state index is 0.357. The number of halogens is 4. The fourth-order valence-corrected chi connectivity index (χ4v) is 2.17. The summed E-state index contributed by atoms with van der Waals surface area (Å²) in [5, 5.41) is 0. The molecule has 2 N–H and O–H groups in total. The van der Waals surface area contributed by atoms with Crippen LogP contribution >= 0.6 is 0 Å². The van der Waals surface area contributed by atoms with Crippen LogP contribution in [0.1, 0.15) is 23.6 Å². The molecular weight excluding hydrogens is 282 g/mol. The van der Waals surface area contributed by atoms with E-state index in [1.165, 1.54) is 24.3 Å². The fraction of sp³-hybridized carbons (Fsp3) is 0.250. The Morgan fingerprint density at radius 2 is 1.33 bits per heavy atom. The van der Waals surface area contributed by atoms with Crippen LogP contribution in [0, 0.1) is 5.82 Å². The van der Waals surface area contributed by atoms with Crippen LogP contribution in [0.3, 0.4) is 0 Å². The first-order chi connectivity index (χ1) is 9.68. The molecule has 0 aromatic heterocycles. The van der Waals surface area contributed by atoms with Gasteiger partial charge < -0.3 is 5.73 Å². The highest BCUT2D eigenvalue weighted by molar-refractivity contribution is 5.30. The Morgan fingerprint density at radius 1 is 0.857 bits per heavy atom. The Balaban J connectivity index is 2.18. The number of rotatable bonds is 3. The molecule has 0 aliphatic carbocycles. The molecule has 112 valence electrons. The molecule has 1 nitrogen and oxygen atoms in total. The highest BCUT2D eigenvalue weighted by Crippen LogP contribution is 2.30. The molecule has 1 atom stereocenters. The summed E-state index contributed by atoms with van der Waals surface area (Å²) in [7, 11) is 0. The van der Waals surface area contributed by atoms with Gasteiger partial charge in [0.2, 0.25) is 0 Å². The smallest absolute Gasteiger partial charge is 0.321 e. The first-order valence-corrected chi connectivity index (χ1v) is 6.39. The Morgan fingerprint density at radius 3 is 1.81 bits per heavy atom. The third kappa shape index (κ3) is 3.82. The first-order valence-electron chi connectivity index (χ1n) is 6.39. The Bertz CT molecular complexity index is 598. The molecule has 1 unspecified atom stereocenters. The molecule has 0 spiro atoms. The van der Waals surface area contributed by atoms with E-state index in [-0.39, 0.29) is 5.82 Å². The van der Waals surface area contributed by atoms with E-state index in [1.54, 1.807) is 19.1 Å². The highest BCUT2D eigenvalue weighted by Gasteiger charge is 2.30. The molecule has 2 aromatic rings. The van der Waals surface area contributed by atoms with Gasteiger partial charge in [-0.25, -0.2) is 4.39 Å². The predicted octanol–water partition coefficient (Wildman–Crippen LogP) is 4.26. The Hall–Kier alpha value is -1.88. The second-order valence-electron chi connectivity index (χ2n) is 5.30. The van der Waals surface area contributed by atoms with Crippen LogP contribution in [0.4, 0.5) is 17.6 Å². The molecule has 0 amide bonds. The van der Waals surface area contributed by atoms with Crippen LogP contribution in [0.25, 0.3) is 0 Å². The lowest BCUT2D eigenvalue weighted by Crippen LogP contribution is -2.35. The molecule has 0 aliphatic heterocycles. The van der Waals surface area contributed by atoms with Gasteiger partial charge >= 0.3 is 6.18 Å². The van der Waals surface area contributed by atoms with E-state index in [9.17, 15) is 17.6 Å². The summed E-state index contributed by atoms with van der Waals surface area (Å²) in [4.78, 5) is 0. The largest absolute Gasteiger partial charge is 0.416 e. The van der Waals surface area contributed by atoms with Crippen molar-refractivity contribution in [3.8, 4) is 0 Å². The second-order valence-corrected chi connectivity index (χ2v) is 5.30. The van der Waals surface area contributed by atoms with E-state index in [0.717, 1.165) is 17.7 Å². The Kier molecular flexibility index (Phi) is 4.05. The average Bonchev–Trinajstić information content (AvgIpc) is 2.38. The van der Waals surface area contributed by atoms with E-state index in [1.807, 2.05) is 0 Å². The van der Waals surface area contributed by atoms with Crippen LogP contribution in [-0.4, -0.2) is 0 Å². The molecule has 0 heterocycles. The van der Waals surface area contributed by atoms with Crippen molar-refractivity contribution in [3.63, 3.8) is 0 Å². The zero-order valence-electron chi connectivity index (χ0n) is 11.4. The number of benzene rings is 2. The number of hydrogen-bond donors (Lipinski definition) is 1. The lowest BCUT2D eigenvalue weighted by atomic mass is 9.86. The van der Waals surface area contributed by atoms with Gasteiger partial charge in [0, 0.05) is 5.54 Å². The molecular formula is C16H15F4N. The fourth-order valence-electron chi connectivity index (χ4n) is 2.17. The molecule has 2 aromatic carbocycles. The van der Waals surface area contributed by atoms with Gasteiger partial charge in [-0.3, -0.25) is 0 Å². The van der Waals surface area contributed by atoms with E-state index < -0.39 is 17.3 Å². The summed E-state index contributed by atoms with van der Waals surface area (Å²) in [6, 6.07) is 10.7. The zero-order chi connectivity index (χ0) is 15.7. The summed E-state index contributed by atoms with van der Waals surface area (Å²) >= 11 is 0. The van der Waals surface area contributed by atoms with E-state index in [4.69, 9.17) is 5.73 Å². The highest BCUT2D eigenvalue weighted by atomic mass is 19.4. The quantitative estimate of drug-likeness (QED) is 0.842. The minimum Gasteiger partial charge on any atom is -0.321 e. The van der Waals surface area contributed by atoms with Crippen molar-refractivity contribution in [1.29, 1.82) is 0 Å². The molecule has 2 rings (SSSR count). The summed E-state index contributed by atoms with van der Waals surface area (Å²) in [6.45, 7) is 1.76. The van der Waals surface area contributed by atoms with Gasteiger partial charge in [-0.05, 0) is 48.7 Å². The Labute approximate surface area is 120 Å². The average molecular weight is 297 g/mol. The SMILES string of the molecule is CC(N)(Cc1ccc(C(F)(F)F)cc1)c1ccc(F)cc1. The molecule has 0 bridgehead atoms. The summed E-state index contributed by atoms with van der Waals surface area (Å²) in [5.74, 6) is -0.357. The third-order valence-electron chi connectivity index (χ3n) is 3.36. The van der Waals surface area contributed by atoms with Gasteiger partial charge in [-0.15, -0.1) is 0 Å². The maximum Gasteiger partial charge on any atom is 0.416 e. The second kappa shape index (κ2) is 5.48. The third-order valence-corrected chi connectivity index (χ3v) is 3.36. The van der Waals surface area contributed by atoms with Gasteiger partial charge in [-0.1, -0.05) is 24.3 Å². The van der Waals surface area contributed by atoms with Crippen molar-refractivity contribution >= 4 is 0 Å². The summed E-state index contributed by atoms with van der Waals surface area (Å²) < 4.78 is 50.4. The predicted molar refractivity (Wildman–Crippen MR) is 73.1 cm³/mol. The standard InChI is InChI=1S/C16H15F4N/c1-15(21,12-6-8-14(17)9-7-12)10-11-2-4-13(5-3-11)16(18,19)20/h2-9H,10,21H2,1H3.